The van der Waals surface area contributed by atoms with E-state index < -0.39 is 0 Å². The first-order valence-electron chi connectivity index (χ1n) is 7.72. The van der Waals surface area contributed by atoms with Crippen LogP contribution >= 0.6 is 0 Å². The van der Waals surface area contributed by atoms with Crippen LogP contribution in [0.1, 0.15) is 11.6 Å². The second-order valence-electron chi connectivity index (χ2n) is 5.81. The van der Waals surface area contributed by atoms with Crippen molar-refractivity contribution in [3.05, 3.63) is 29.8 Å². The maximum Gasteiger partial charge on any atom is 0.124 e. The van der Waals surface area contributed by atoms with Crippen LogP contribution in [0.2, 0.25) is 0 Å². The average molecular weight is 291 g/mol. The fourth-order valence-electron chi connectivity index (χ4n) is 3.33. The lowest BCUT2D eigenvalue weighted by Gasteiger charge is -2.49. The van der Waals surface area contributed by atoms with Gasteiger partial charge in [0.05, 0.1) is 12.6 Å². The molecule has 1 aromatic rings. The number of fused-ring (bicyclic) bond motifs is 3. The zero-order valence-corrected chi connectivity index (χ0v) is 12.7. The van der Waals surface area contributed by atoms with Crippen molar-refractivity contribution in [3.63, 3.8) is 0 Å². The number of hydrogen-bond acceptors (Lipinski definition) is 5. The number of methoxy groups -OCH3 is 1. The first kappa shape index (κ1) is 14.8. The Morgan fingerprint density at radius 3 is 2.62 bits per heavy atom. The molecule has 0 radical (unpaired) electrons. The maximum absolute atomic E-state index is 6.58. The highest BCUT2D eigenvalue weighted by molar-refractivity contribution is 5.37. The van der Waals surface area contributed by atoms with Gasteiger partial charge in [0.2, 0.25) is 0 Å². The van der Waals surface area contributed by atoms with Crippen LogP contribution in [-0.2, 0) is 4.74 Å². The normalized spacial score (nSPS) is 29.3. The number of nitrogens with zero attached hydrogens (tertiary/aromatic N) is 2. The summed E-state index contributed by atoms with van der Waals surface area (Å²) < 4.78 is 10.9. The molecule has 0 spiro atoms. The highest BCUT2D eigenvalue weighted by Crippen LogP contribution is 2.30. The van der Waals surface area contributed by atoms with Crippen molar-refractivity contribution in [1.29, 1.82) is 0 Å². The zero-order chi connectivity index (χ0) is 14.7. The molecule has 3 fully saturated rings. The third-order valence-corrected chi connectivity index (χ3v) is 4.56. The van der Waals surface area contributed by atoms with Gasteiger partial charge in [-0.1, -0.05) is 18.2 Å². The summed E-state index contributed by atoms with van der Waals surface area (Å²) in [6, 6.07) is 8.50. The van der Waals surface area contributed by atoms with Crippen molar-refractivity contribution in [1.82, 2.24) is 9.80 Å². The fourth-order valence-corrected chi connectivity index (χ4v) is 3.33. The fraction of sp³-hybridized carbons (Fsp3) is 0.625. The van der Waals surface area contributed by atoms with E-state index >= 15 is 0 Å². The molecule has 2 bridgehead atoms. The quantitative estimate of drug-likeness (QED) is 0.782. The van der Waals surface area contributed by atoms with Crippen molar-refractivity contribution < 1.29 is 9.47 Å². The highest BCUT2D eigenvalue weighted by atomic mass is 16.5. The van der Waals surface area contributed by atoms with Crippen molar-refractivity contribution in [2.75, 3.05) is 53.0 Å². The number of ether oxygens (including phenoxy) is 2. The number of benzene rings is 1. The summed E-state index contributed by atoms with van der Waals surface area (Å²) in [5.41, 5.74) is 7.69. The first-order valence-corrected chi connectivity index (χ1v) is 7.72. The van der Waals surface area contributed by atoms with Gasteiger partial charge in [-0.3, -0.25) is 9.80 Å². The van der Waals surface area contributed by atoms with E-state index in [0.717, 1.165) is 30.9 Å². The molecule has 21 heavy (non-hydrogen) atoms. The molecule has 0 aromatic heterocycles. The van der Waals surface area contributed by atoms with Gasteiger partial charge in [-0.15, -0.1) is 0 Å². The summed E-state index contributed by atoms with van der Waals surface area (Å²) in [5.74, 6) is 0.889. The van der Waals surface area contributed by atoms with Gasteiger partial charge in [0.15, 0.2) is 0 Å². The molecule has 2 atom stereocenters. The molecule has 0 saturated carbocycles. The Labute approximate surface area is 126 Å². The van der Waals surface area contributed by atoms with Crippen molar-refractivity contribution >= 4 is 0 Å². The van der Waals surface area contributed by atoms with Gasteiger partial charge in [-0.05, 0) is 6.07 Å². The van der Waals surface area contributed by atoms with E-state index in [-0.39, 0.29) is 6.04 Å². The van der Waals surface area contributed by atoms with Gasteiger partial charge in [0.1, 0.15) is 12.4 Å². The molecule has 1 aromatic carbocycles. The van der Waals surface area contributed by atoms with Crippen LogP contribution in [0.4, 0.5) is 0 Å². The van der Waals surface area contributed by atoms with Gasteiger partial charge < -0.3 is 15.2 Å². The minimum absolute atomic E-state index is 0.00755. The second kappa shape index (κ2) is 6.75. The topological polar surface area (TPSA) is 51.0 Å². The summed E-state index contributed by atoms with van der Waals surface area (Å²) in [5, 5.41) is 0. The van der Waals surface area contributed by atoms with Gasteiger partial charge in [-0.25, -0.2) is 0 Å². The van der Waals surface area contributed by atoms with Gasteiger partial charge in [0.25, 0.3) is 0 Å². The molecule has 3 aliphatic heterocycles. The number of rotatable bonds is 6. The van der Waals surface area contributed by atoms with Crippen LogP contribution in [0.15, 0.2) is 24.3 Å². The number of nitrogens with two attached hydrogens (primary N) is 1. The van der Waals surface area contributed by atoms with Crippen LogP contribution in [0.25, 0.3) is 0 Å². The first-order chi connectivity index (χ1) is 10.3. The van der Waals surface area contributed by atoms with E-state index in [9.17, 15) is 0 Å². The lowest BCUT2D eigenvalue weighted by atomic mass is 9.94. The molecule has 0 amide bonds. The summed E-state index contributed by atoms with van der Waals surface area (Å²) in [6.07, 6.45) is 0. The highest BCUT2D eigenvalue weighted by Gasteiger charge is 2.36. The monoisotopic (exact) mass is 291 g/mol. The molecule has 0 aliphatic carbocycles. The summed E-state index contributed by atoms with van der Waals surface area (Å²) in [6.45, 7) is 6.82. The van der Waals surface area contributed by atoms with E-state index in [1.54, 1.807) is 7.11 Å². The summed E-state index contributed by atoms with van der Waals surface area (Å²) in [4.78, 5) is 5.04. The number of para-hydroxylation sites is 1. The Balaban J connectivity index is 1.73. The molecule has 116 valence electrons. The van der Waals surface area contributed by atoms with E-state index in [1.165, 1.54) is 13.1 Å². The van der Waals surface area contributed by atoms with Gasteiger partial charge >= 0.3 is 0 Å². The molecule has 2 unspecified atom stereocenters. The molecule has 3 saturated heterocycles. The Bertz CT molecular complexity index is 461. The van der Waals surface area contributed by atoms with E-state index in [0.29, 0.717) is 19.3 Å². The van der Waals surface area contributed by atoms with Crippen molar-refractivity contribution in [2.24, 2.45) is 5.73 Å². The Morgan fingerprint density at radius 2 is 1.95 bits per heavy atom. The Morgan fingerprint density at radius 1 is 1.19 bits per heavy atom. The van der Waals surface area contributed by atoms with Crippen LogP contribution < -0.4 is 10.5 Å². The lowest BCUT2D eigenvalue weighted by Crippen LogP contribution is -2.63. The lowest BCUT2D eigenvalue weighted by molar-refractivity contribution is 0.00174. The Kier molecular flexibility index (Phi) is 4.75. The average Bonchev–Trinajstić information content (AvgIpc) is 2.56. The van der Waals surface area contributed by atoms with Crippen LogP contribution in [0.3, 0.4) is 0 Å². The predicted octanol–water partition coefficient (Wildman–Crippen LogP) is 0.711. The van der Waals surface area contributed by atoms with E-state index in [4.69, 9.17) is 15.2 Å². The second-order valence-corrected chi connectivity index (χ2v) is 5.81. The van der Waals surface area contributed by atoms with Crippen molar-refractivity contribution in [3.8, 4) is 5.75 Å². The zero-order valence-electron chi connectivity index (χ0n) is 12.7. The third-order valence-electron chi connectivity index (χ3n) is 4.56. The van der Waals surface area contributed by atoms with Gasteiger partial charge in [-0.2, -0.15) is 0 Å². The van der Waals surface area contributed by atoms with Crippen molar-refractivity contribution in [2.45, 2.75) is 12.1 Å². The third kappa shape index (κ3) is 3.21. The summed E-state index contributed by atoms with van der Waals surface area (Å²) in [7, 11) is 1.68. The minimum Gasteiger partial charge on any atom is -0.491 e. The molecule has 2 N–H and O–H groups in total. The largest absolute Gasteiger partial charge is 0.491 e. The smallest absolute Gasteiger partial charge is 0.124 e. The van der Waals surface area contributed by atoms with Crippen LogP contribution in [0.5, 0.6) is 5.75 Å². The maximum atomic E-state index is 6.58. The molecule has 5 nitrogen and oxygen atoms in total. The minimum atomic E-state index is -0.00755. The van der Waals surface area contributed by atoms with E-state index in [1.807, 2.05) is 18.2 Å². The standard InChI is InChI=1S/C16H25N3O2/c1-20-10-11-21-15-5-3-2-4-13(15)16(17)14-12-18-6-8-19(14)9-7-18/h2-5,14,16H,6-12,17H2,1H3. The number of piperazine rings is 3. The SMILES string of the molecule is COCCOc1ccccc1C(N)C1CN2CCN1CC2. The van der Waals surface area contributed by atoms with Crippen LogP contribution in [-0.4, -0.2) is 68.9 Å². The molecular formula is C16H25N3O2. The molecule has 5 heteroatoms. The Hall–Kier alpha value is -1.14. The predicted molar refractivity (Wildman–Crippen MR) is 82.5 cm³/mol. The van der Waals surface area contributed by atoms with Gasteiger partial charge in [0, 0.05) is 51.4 Å². The number of hydrogen-bond donors (Lipinski definition) is 1. The molecule has 4 rings (SSSR count). The molecule has 3 heterocycles. The molecule has 3 aliphatic rings. The summed E-state index contributed by atoms with van der Waals surface area (Å²) >= 11 is 0. The van der Waals surface area contributed by atoms with E-state index in [2.05, 4.69) is 15.9 Å². The molecular weight excluding hydrogens is 266 g/mol. The van der Waals surface area contributed by atoms with Crippen LogP contribution in [0, 0.1) is 0 Å².